The van der Waals surface area contributed by atoms with Gasteiger partial charge in [0.1, 0.15) is 11.6 Å². The van der Waals surface area contributed by atoms with Gasteiger partial charge < -0.3 is 10.2 Å². The van der Waals surface area contributed by atoms with Gasteiger partial charge in [-0.1, -0.05) is 17.3 Å². The lowest BCUT2D eigenvalue weighted by atomic mass is 10.2. The minimum Gasteiger partial charge on any atom is -0.372 e. The van der Waals surface area contributed by atoms with Crippen molar-refractivity contribution in [2.45, 2.75) is 12.6 Å². The first-order valence-corrected chi connectivity index (χ1v) is 9.21. The lowest BCUT2D eigenvalue weighted by Crippen LogP contribution is -2.30. The molecule has 3 aromatic rings. The van der Waals surface area contributed by atoms with Crippen molar-refractivity contribution >= 4 is 11.6 Å². The van der Waals surface area contributed by atoms with Crippen molar-refractivity contribution in [2.75, 3.05) is 25.0 Å². The molecule has 1 aromatic heterocycles. The number of nitrogens with zero attached hydrogens (tertiary/aromatic N) is 4. The van der Waals surface area contributed by atoms with E-state index in [1.165, 1.54) is 6.07 Å². The maximum atomic E-state index is 13.8. The van der Waals surface area contributed by atoms with Gasteiger partial charge in [-0.05, 0) is 42.8 Å². The predicted octanol–water partition coefficient (Wildman–Crippen LogP) is 3.82. The van der Waals surface area contributed by atoms with Gasteiger partial charge in [-0.15, -0.1) is 5.10 Å². The van der Waals surface area contributed by atoms with E-state index < -0.39 is 35.1 Å². The molecule has 1 amide bonds. The summed E-state index contributed by atoms with van der Waals surface area (Å²) in [6.07, 6.45) is -4.57. The Morgan fingerprint density at radius 1 is 1.10 bits per heavy atom. The standard InChI is InChI=1S/C20H18F5N5O/c1-29(16-6-3-2-5-15(16)22)12-4-11-26-19(31)17-18(20(23,24)25)30(28-27-17)14-9-7-13(21)8-10-14/h2-3,5-10H,4,11-12H2,1H3,(H,26,31). The van der Waals surface area contributed by atoms with Crippen molar-refractivity contribution in [3.05, 3.63) is 71.6 Å². The number of hydrogen-bond acceptors (Lipinski definition) is 4. The molecule has 0 aliphatic heterocycles. The van der Waals surface area contributed by atoms with Crippen molar-refractivity contribution in [3.63, 3.8) is 0 Å². The Hall–Kier alpha value is -3.50. The van der Waals surface area contributed by atoms with Gasteiger partial charge >= 0.3 is 6.18 Å². The van der Waals surface area contributed by atoms with Crippen LogP contribution in [-0.4, -0.2) is 41.0 Å². The van der Waals surface area contributed by atoms with E-state index in [0.717, 1.165) is 24.3 Å². The average Bonchev–Trinajstić information content (AvgIpc) is 3.17. The number of aromatic nitrogens is 3. The molecule has 1 N–H and O–H groups in total. The van der Waals surface area contributed by atoms with Crippen LogP contribution in [0.3, 0.4) is 0 Å². The van der Waals surface area contributed by atoms with Crippen molar-refractivity contribution < 1.29 is 26.7 Å². The molecule has 0 aliphatic carbocycles. The second kappa shape index (κ2) is 9.11. The number of para-hydroxylation sites is 1. The molecule has 164 valence electrons. The Morgan fingerprint density at radius 3 is 2.42 bits per heavy atom. The van der Waals surface area contributed by atoms with Crippen LogP contribution in [0.15, 0.2) is 48.5 Å². The quantitative estimate of drug-likeness (QED) is 0.449. The van der Waals surface area contributed by atoms with Crippen LogP contribution in [0.5, 0.6) is 0 Å². The zero-order chi connectivity index (χ0) is 22.6. The second-order valence-electron chi connectivity index (χ2n) is 6.66. The van der Waals surface area contributed by atoms with E-state index in [-0.39, 0.29) is 12.2 Å². The summed E-state index contributed by atoms with van der Waals surface area (Å²) in [5, 5.41) is 9.18. The number of anilines is 1. The van der Waals surface area contributed by atoms with Gasteiger partial charge in [0.2, 0.25) is 0 Å². The summed E-state index contributed by atoms with van der Waals surface area (Å²) >= 11 is 0. The molecule has 3 rings (SSSR count). The zero-order valence-corrected chi connectivity index (χ0v) is 16.3. The Kier molecular flexibility index (Phi) is 6.52. The van der Waals surface area contributed by atoms with Gasteiger partial charge in [0.25, 0.3) is 5.91 Å². The molecule has 1 heterocycles. The molecule has 0 spiro atoms. The van der Waals surface area contributed by atoms with E-state index in [9.17, 15) is 26.7 Å². The van der Waals surface area contributed by atoms with E-state index in [2.05, 4.69) is 15.6 Å². The normalized spacial score (nSPS) is 11.4. The van der Waals surface area contributed by atoms with E-state index in [4.69, 9.17) is 0 Å². The first-order chi connectivity index (χ1) is 14.7. The Balaban J connectivity index is 1.68. The molecular weight excluding hydrogens is 421 g/mol. The summed E-state index contributed by atoms with van der Waals surface area (Å²) in [5.41, 5.74) is -1.97. The van der Waals surface area contributed by atoms with E-state index >= 15 is 0 Å². The van der Waals surface area contributed by atoms with E-state index in [0.29, 0.717) is 23.3 Å². The van der Waals surface area contributed by atoms with Crippen molar-refractivity contribution in [2.24, 2.45) is 0 Å². The number of amides is 1. The van der Waals surface area contributed by atoms with Crippen molar-refractivity contribution in [1.82, 2.24) is 20.3 Å². The monoisotopic (exact) mass is 439 g/mol. The summed E-state index contributed by atoms with van der Waals surface area (Å²) < 4.78 is 68.1. The summed E-state index contributed by atoms with van der Waals surface area (Å²) in [6, 6.07) is 10.3. The number of alkyl halides is 3. The maximum Gasteiger partial charge on any atom is 0.435 e. The molecule has 0 radical (unpaired) electrons. The number of rotatable bonds is 7. The lowest BCUT2D eigenvalue weighted by Gasteiger charge is -2.19. The Labute approximate surface area is 174 Å². The first kappa shape index (κ1) is 22.2. The fourth-order valence-corrected chi connectivity index (χ4v) is 2.94. The summed E-state index contributed by atoms with van der Waals surface area (Å²) in [4.78, 5) is 14.0. The molecule has 6 nitrogen and oxygen atoms in total. The third kappa shape index (κ3) is 5.16. The third-order valence-corrected chi connectivity index (χ3v) is 4.44. The van der Waals surface area contributed by atoms with Crippen LogP contribution in [-0.2, 0) is 6.18 Å². The SMILES string of the molecule is CN(CCCNC(=O)c1nnn(-c2ccc(F)cc2)c1C(F)(F)F)c1ccccc1F. The molecule has 0 unspecified atom stereocenters. The van der Waals surface area contributed by atoms with Gasteiger partial charge in [-0.2, -0.15) is 13.2 Å². The molecule has 2 aromatic carbocycles. The largest absolute Gasteiger partial charge is 0.435 e. The number of carbonyl (C=O) groups excluding carboxylic acids is 1. The zero-order valence-electron chi connectivity index (χ0n) is 16.3. The summed E-state index contributed by atoms with van der Waals surface area (Å²) in [7, 11) is 1.66. The Bertz CT molecular complexity index is 1050. The fraction of sp³-hybridized carbons (Fsp3) is 0.250. The number of benzene rings is 2. The molecule has 0 saturated carbocycles. The molecule has 11 heteroatoms. The molecule has 0 saturated heterocycles. The van der Waals surface area contributed by atoms with Gasteiger partial charge in [0.15, 0.2) is 11.4 Å². The molecule has 0 bridgehead atoms. The van der Waals surface area contributed by atoms with Crippen molar-refractivity contribution in [1.29, 1.82) is 0 Å². The topological polar surface area (TPSA) is 63.1 Å². The van der Waals surface area contributed by atoms with Crippen LogP contribution in [0.25, 0.3) is 5.69 Å². The van der Waals surface area contributed by atoms with Gasteiger partial charge in [-0.3, -0.25) is 4.79 Å². The van der Waals surface area contributed by atoms with E-state index in [1.54, 1.807) is 30.1 Å². The second-order valence-corrected chi connectivity index (χ2v) is 6.66. The average molecular weight is 439 g/mol. The molecule has 0 atom stereocenters. The fourth-order valence-electron chi connectivity index (χ4n) is 2.94. The van der Waals surface area contributed by atoms with Crippen LogP contribution in [0.2, 0.25) is 0 Å². The number of halogens is 5. The molecule has 31 heavy (non-hydrogen) atoms. The molecule has 0 fully saturated rings. The number of hydrogen-bond donors (Lipinski definition) is 1. The van der Waals surface area contributed by atoms with Crippen LogP contribution < -0.4 is 10.2 Å². The van der Waals surface area contributed by atoms with E-state index in [1.807, 2.05) is 0 Å². The number of nitrogens with one attached hydrogen (secondary N) is 1. The highest BCUT2D eigenvalue weighted by molar-refractivity contribution is 5.93. The van der Waals surface area contributed by atoms with Gasteiger partial charge in [0, 0.05) is 20.1 Å². The smallest absolute Gasteiger partial charge is 0.372 e. The van der Waals surface area contributed by atoms with Crippen LogP contribution in [0.4, 0.5) is 27.6 Å². The highest BCUT2D eigenvalue weighted by atomic mass is 19.4. The Morgan fingerprint density at radius 2 is 1.77 bits per heavy atom. The first-order valence-electron chi connectivity index (χ1n) is 9.21. The number of carbonyl (C=O) groups is 1. The molecule has 0 aliphatic rings. The minimum absolute atomic E-state index is 0.0400. The van der Waals surface area contributed by atoms with Crippen LogP contribution >= 0.6 is 0 Å². The lowest BCUT2D eigenvalue weighted by molar-refractivity contribution is -0.143. The maximum absolute atomic E-state index is 13.8. The van der Waals surface area contributed by atoms with Crippen LogP contribution in [0, 0.1) is 11.6 Å². The van der Waals surface area contributed by atoms with Gasteiger partial charge in [0.05, 0.1) is 11.4 Å². The highest BCUT2D eigenvalue weighted by Crippen LogP contribution is 2.32. The predicted molar refractivity (Wildman–Crippen MR) is 103 cm³/mol. The highest BCUT2D eigenvalue weighted by Gasteiger charge is 2.41. The van der Waals surface area contributed by atoms with Crippen molar-refractivity contribution in [3.8, 4) is 5.69 Å². The molecular formula is C20H18F5N5O. The summed E-state index contributed by atoms with van der Waals surface area (Å²) in [5.74, 6) is -2.08. The third-order valence-electron chi connectivity index (χ3n) is 4.44. The van der Waals surface area contributed by atoms with Gasteiger partial charge in [-0.25, -0.2) is 13.5 Å². The summed E-state index contributed by atoms with van der Waals surface area (Å²) in [6.45, 7) is 0.397. The van der Waals surface area contributed by atoms with Crippen LogP contribution in [0.1, 0.15) is 22.6 Å². The minimum atomic E-state index is -4.92.